The van der Waals surface area contributed by atoms with E-state index < -0.39 is 0 Å². The SMILES string of the molecule is CC1(C)c2cccc(-c3cccc(-c4ccc(-c5cc(-c6ccccc6-c6ccccc6)nc(-c6ccccc6)n5)c5ccccc45)c3)c2-c2c1ccc1ccccc21. The molecule has 1 heterocycles. The van der Waals surface area contributed by atoms with Crippen molar-refractivity contribution in [2.75, 3.05) is 0 Å². The maximum absolute atomic E-state index is 5.28. The van der Waals surface area contributed by atoms with Crippen molar-refractivity contribution in [3.63, 3.8) is 0 Å². The predicted molar refractivity (Wildman–Crippen MR) is 247 cm³/mol. The minimum Gasteiger partial charge on any atom is -0.228 e. The molecule has 0 fully saturated rings. The van der Waals surface area contributed by atoms with Crippen LogP contribution in [0.25, 0.3) is 100.0 Å². The lowest BCUT2D eigenvalue weighted by molar-refractivity contribution is 0.661. The zero-order valence-electron chi connectivity index (χ0n) is 33.0. The lowest BCUT2D eigenvalue weighted by atomic mass is 9.81. The largest absolute Gasteiger partial charge is 0.228 e. The molecule has 9 aromatic carbocycles. The molecule has 0 unspecified atom stereocenters. The van der Waals surface area contributed by atoms with Crippen LogP contribution in [0.1, 0.15) is 25.0 Å². The van der Waals surface area contributed by atoms with E-state index in [2.05, 4.69) is 202 Å². The quantitative estimate of drug-likeness (QED) is 0.169. The van der Waals surface area contributed by atoms with Crippen LogP contribution in [0.15, 0.2) is 206 Å². The molecule has 278 valence electrons. The molecule has 1 aromatic heterocycles. The van der Waals surface area contributed by atoms with Gasteiger partial charge in [0.05, 0.1) is 11.4 Å². The number of hydrogen-bond donors (Lipinski definition) is 0. The van der Waals surface area contributed by atoms with Crippen LogP contribution in [-0.2, 0) is 5.41 Å². The third-order valence-corrected chi connectivity index (χ3v) is 12.3. The van der Waals surface area contributed by atoms with Gasteiger partial charge in [0.15, 0.2) is 5.82 Å². The number of hydrogen-bond acceptors (Lipinski definition) is 2. The molecule has 1 aliphatic rings. The maximum Gasteiger partial charge on any atom is 0.160 e. The van der Waals surface area contributed by atoms with Gasteiger partial charge < -0.3 is 0 Å². The first-order valence-corrected chi connectivity index (χ1v) is 20.4. The van der Waals surface area contributed by atoms with E-state index in [0.29, 0.717) is 5.82 Å². The highest BCUT2D eigenvalue weighted by Crippen LogP contribution is 2.54. The van der Waals surface area contributed by atoms with Crippen LogP contribution < -0.4 is 0 Å². The summed E-state index contributed by atoms with van der Waals surface area (Å²) in [6, 6.07) is 74.3. The van der Waals surface area contributed by atoms with Crippen LogP contribution in [0.4, 0.5) is 0 Å². The molecule has 59 heavy (non-hydrogen) atoms. The maximum atomic E-state index is 5.28. The molecular weight excluding hydrogens is 713 g/mol. The standard InChI is InChI=1S/C57H40N2/c1-57(2)50-30-16-29-45(55(50)54-44-25-10-9-19-38(44)31-34-51(54)57)41-23-15-22-40(35-41)43-32-33-49(47-27-13-12-26-46(43)47)53-36-52(58-56(59-53)39-20-7-4-8-21-39)48-28-14-11-24-42(48)37-17-5-3-6-18-37/h3-36H,1-2H3. The fraction of sp³-hybridized carbons (Fsp3) is 0.0526. The van der Waals surface area contributed by atoms with Crippen molar-refractivity contribution in [1.29, 1.82) is 0 Å². The molecule has 0 bridgehead atoms. The Bertz CT molecular complexity index is 3230. The molecule has 0 spiro atoms. The lowest BCUT2D eigenvalue weighted by Gasteiger charge is -2.21. The van der Waals surface area contributed by atoms with Gasteiger partial charge in [-0.1, -0.05) is 208 Å². The fourth-order valence-corrected chi connectivity index (χ4v) is 9.43. The van der Waals surface area contributed by atoms with Gasteiger partial charge in [-0.2, -0.15) is 0 Å². The summed E-state index contributed by atoms with van der Waals surface area (Å²) in [6.45, 7) is 4.73. The Labute approximate surface area is 345 Å². The third kappa shape index (κ3) is 5.79. The number of aromatic nitrogens is 2. The number of nitrogens with zero attached hydrogens (tertiary/aromatic N) is 2. The minimum atomic E-state index is -0.0980. The second-order valence-electron chi connectivity index (χ2n) is 16.1. The van der Waals surface area contributed by atoms with Gasteiger partial charge in [-0.15, -0.1) is 0 Å². The molecule has 0 saturated carbocycles. The molecular formula is C57H40N2. The molecule has 0 amide bonds. The van der Waals surface area contributed by atoms with Gasteiger partial charge in [0.25, 0.3) is 0 Å². The van der Waals surface area contributed by atoms with E-state index in [4.69, 9.17) is 9.97 Å². The van der Waals surface area contributed by atoms with Crippen molar-refractivity contribution in [2.45, 2.75) is 19.3 Å². The molecule has 2 nitrogen and oxygen atoms in total. The molecule has 0 aliphatic heterocycles. The van der Waals surface area contributed by atoms with Crippen LogP contribution >= 0.6 is 0 Å². The van der Waals surface area contributed by atoms with Crippen LogP contribution in [0.3, 0.4) is 0 Å². The summed E-state index contributed by atoms with van der Waals surface area (Å²) in [5.41, 5.74) is 17.5. The summed E-state index contributed by atoms with van der Waals surface area (Å²) < 4.78 is 0. The second-order valence-corrected chi connectivity index (χ2v) is 16.1. The molecule has 0 atom stereocenters. The Morgan fingerprint density at radius 1 is 0.322 bits per heavy atom. The predicted octanol–water partition coefficient (Wildman–Crippen LogP) is 15.1. The normalized spacial score (nSPS) is 12.7. The van der Waals surface area contributed by atoms with E-state index in [0.717, 1.165) is 44.6 Å². The third-order valence-electron chi connectivity index (χ3n) is 12.3. The summed E-state index contributed by atoms with van der Waals surface area (Å²) in [6.07, 6.45) is 0. The molecule has 11 rings (SSSR count). The van der Waals surface area contributed by atoms with Gasteiger partial charge in [0, 0.05) is 22.1 Å². The van der Waals surface area contributed by atoms with Gasteiger partial charge in [-0.05, 0) is 89.3 Å². The highest BCUT2D eigenvalue weighted by Gasteiger charge is 2.37. The number of rotatable bonds is 6. The summed E-state index contributed by atoms with van der Waals surface area (Å²) in [5.74, 6) is 0.703. The van der Waals surface area contributed by atoms with Crippen molar-refractivity contribution in [1.82, 2.24) is 9.97 Å². The number of fused-ring (bicyclic) bond motifs is 6. The topological polar surface area (TPSA) is 25.8 Å². The monoisotopic (exact) mass is 752 g/mol. The second kappa shape index (κ2) is 13.9. The molecule has 2 heteroatoms. The summed E-state index contributed by atoms with van der Waals surface area (Å²) in [4.78, 5) is 10.5. The van der Waals surface area contributed by atoms with Gasteiger partial charge in [-0.3, -0.25) is 0 Å². The molecule has 1 aliphatic carbocycles. The average Bonchev–Trinajstić information content (AvgIpc) is 3.55. The van der Waals surface area contributed by atoms with Gasteiger partial charge in [0.2, 0.25) is 0 Å². The first-order valence-electron chi connectivity index (χ1n) is 20.4. The van der Waals surface area contributed by atoms with Crippen molar-refractivity contribution in [3.8, 4) is 78.4 Å². The Morgan fingerprint density at radius 2 is 0.847 bits per heavy atom. The van der Waals surface area contributed by atoms with Gasteiger partial charge in [-0.25, -0.2) is 9.97 Å². The van der Waals surface area contributed by atoms with E-state index in [1.54, 1.807) is 0 Å². The summed E-state index contributed by atoms with van der Waals surface area (Å²) in [5, 5.41) is 4.92. The van der Waals surface area contributed by atoms with Crippen molar-refractivity contribution < 1.29 is 0 Å². The Balaban J connectivity index is 1.07. The molecule has 0 radical (unpaired) electrons. The first kappa shape index (κ1) is 34.8. The summed E-state index contributed by atoms with van der Waals surface area (Å²) in [7, 11) is 0. The minimum absolute atomic E-state index is 0.0980. The molecule has 0 N–H and O–H groups in total. The van der Waals surface area contributed by atoms with Gasteiger partial charge in [0.1, 0.15) is 0 Å². The van der Waals surface area contributed by atoms with Crippen molar-refractivity contribution in [3.05, 3.63) is 217 Å². The average molecular weight is 753 g/mol. The van der Waals surface area contributed by atoms with E-state index >= 15 is 0 Å². The molecule has 10 aromatic rings. The Kier molecular flexibility index (Phi) is 8.20. The van der Waals surface area contributed by atoms with E-state index in [9.17, 15) is 0 Å². The highest BCUT2D eigenvalue weighted by molar-refractivity contribution is 6.08. The van der Waals surface area contributed by atoms with Crippen molar-refractivity contribution >= 4 is 21.5 Å². The van der Waals surface area contributed by atoms with Crippen LogP contribution in [0.2, 0.25) is 0 Å². The van der Waals surface area contributed by atoms with Gasteiger partial charge >= 0.3 is 0 Å². The zero-order chi connectivity index (χ0) is 39.5. The van der Waals surface area contributed by atoms with Crippen molar-refractivity contribution in [2.24, 2.45) is 0 Å². The van der Waals surface area contributed by atoms with Crippen LogP contribution in [0.5, 0.6) is 0 Å². The number of benzene rings is 9. The Morgan fingerprint density at radius 3 is 1.61 bits per heavy atom. The van der Waals surface area contributed by atoms with Crippen LogP contribution in [-0.4, -0.2) is 9.97 Å². The van der Waals surface area contributed by atoms with E-state index in [-0.39, 0.29) is 5.41 Å². The fourth-order valence-electron chi connectivity index (χ4n) is 9.43. The zero-order valence-corrected chi connectivity index (χ0v) is 33.0. The van der Waals surface area contributed by atoms with E-state index in [1.165, 1.54) is 60.7 Å². The first-order chi connectivity index (χ1) is 29.0. The van der Waals surface area contributed by atoms with Crippen LogP contribution in [0, 0.1) is 0 Å². The lowest BCUT2D eigenvalue weighted by Crippen LogP contribution is -2.14. The highest BCUT2D eigenvalue weighted by atomic mass is 14.9. The summed E-state index contributed by atoms with van der Waals surface area (Å²) >= 11 is 0. The Hall–Kier alpha value is -7.42. The van der Waals surface area contributed by atoms with E-state index in [1.807, 2.05) is 18.2 Å². The molecule has 0 saturated heterocycles. The smallest absolute Gasteiger partial charge is 0.160 e.